The molecule has 0 bridgehead atoms. The van der Waals surface area contributed by atoms with Gasteiger partial charge in [0, 0.05) is 11.5 Å². The Hall–Kier alpha value is -2.84. The van der Waals surface area contributed by atoms with Crippen LogP contribution < -0.4 is 5.32 Å². The van der Waals surface area contributed by atoms with Crippen molar-refractivity contribution in [2.24, 2.45) is 0 Å². The molecule has 0 aliphatic heterocycles. The molecule has 2 aromatic heterocycles. The Bertz CT molecular complexity index is 1150. The first-order valence-electron chi connectivity index (χ1n) is 8.28. The number of carbonyl (C=O) groups is 1. The van der Waals surface area contributed by atoms with Crippen LogP contribution in [-0.2, 0) is 4.79 Å². The molecule has 0 saturated heterocycles. The normalized spacial score (nSPS) is 10.9. The minimum Gasteiger partial charge on any atom is -0.323 e. The van der Waals surface area contributed by atoms with Crippen LogP contribution >= 0.6 is 23.1 Å². The summed E-state index contributed by atoms with van der Waals surface area (Å²) < 4.78 is 26.7. The number of nitrogens with one attached hydrogen (secondary N) is 1. The van der Waals surface area contributed by atoms with E-state index < -0.39 is 17.5 Å². The van der Waals surface area contributed by atoms with Crippen LogP contribution in [-0.4, -0.2) is 21.6 Å². The number of amides is 1. The number of hydrogen-bond acceptors (Lipinski definition) is 5. The standard InChI is InChI=1S/C20H13F2N3OS2/c21-12-7-8-16(14(22)10-12)23-18(26)11-28-20-13-4-1-2-5-15(13)24-19(25-20)17-6-3-9-27-17/h1-10H,11H2,(H,23,26). The van der Waals surface area contributed by atoms with Crippen molar-refractivity contribution in [3.05, 3.63) is 71.6 Å². The highest BCUT2D eigenvalue weighted by Crippen LogP contribution is 2.30. The average Bonchev–Trinajstić information content (AvgIpc) is 3.23. The van der Waals surface area contributed by atoms with E-state index in [4.69, 9.17) is 0 Å². The van der Waals surface area contributed by atoms with E-state index in [0.29, 0.717) is 10.9 Å². The number of nitrogens with zero attached hydrogens (tertiary/aromatic N) is 2. The van der Waals surface area contributed by atoms with E-state index in [2.05, 4.69) is 15.3 Å². The summed E-state index contributed by atoms with van der Waals surface area (Å²) in [5.41, 5.74) is 0.729. The highest BCUT2D eigenvalue weighted by atomic mass is 32.2. The molecule has 0 fully saturated rings. The second-order valence-electron chi connectivity index (χ2n) is 5.81. The van der Waals surface area contributed by atoms with Crippen LogP contribution in [0.2, 0.25) is 0 Å². The molecule has 4 nitrogen and oxygen atoms in total. The molecule has 4 rings (SSSR count). The highest BCUT2D eigenvalue weighted by Gasteiger charge is 2.13. The molecule has 0 atom stereocenters. The molecular formula is C20H13F2N3OS2. The fourth-order valence-electron chi connectivity index (χ4n) is 2.58. The summed E-state index contributed by atoms with van der Waals surface area (Å²) in [7, 11) is 0. The Morgan fingerprint density at radius 2 is 1.93 bits per heavy atom. The van der Waals surface area contributed by atoms with Crippen LogP contribution in [0.15, 0.2) is 65.0 Å². The van der Waals surface area contributed by atoms with Crippen LogP contribution in [0.5, 0.6) is 0 Å². The number of rotatable bonds is 5. The fourth-order valence-corrected chi connectivity index (χ4v) is 4.06. The fraction of sp³-hybridized carbons (Fsp3) is 0.0500. The van der Waals surface area contributed by atoms with E-state index in [1.165, 1.54) is 29.2 Å². The zero-order valence-electron chi connectivity index (χ0n) is 14.4. The maximum absolute atomic E-state index is 13.7. The number of hydrogen-bond donors (Lipinski definition) is 1. The molecule has 0 spiro atoms. The highest BCUT2D eigenvalue weighted by molar-refractivity contribution is 8.00. The van der Waals surface area contributed by atoms with E-state index in [1.54, 1.807) is 0 Å². The Labute approximate surface area is 167 Å². The lowest BCUT2D eigenvalue weighted by atomic mass is 10.2. The van der Waals surface area contributed by atoms with Crippen LogP contribution in [0.25, 0.3) is 21.6 Å². The summed E-state index contributed by atoms with van der Waals surface area (Å²) in [4.78, 5) is 22.4. The third-order valence-electron chi connectivity index (χ3n) is 3.86. The molecule has 1 amide bonds. The van der Waals surface area contributed by atoms with Gasteiger partial charge in [0.1, 0.15) is 16.7 Å². The number of anilines is 1. The Morgan fingerprint density at radius 3 is 2.71 bits per heavy atom. The summed E-state index contributed by atoms with van der Waals surface area (Å²) in [6.45, 7) is 0. The Morgan fingerprint density at radius 1 is 1.07 bits per heavy atom. The predicted octanol–water partition coefficient (Wildman–Crippen LogP) is 5.37. The first-order chi connectivity index (χ1) is 13.6. The lowest BCUT2D eigenvalue weighted by Gasteiger charge is -2.09. The van der Waals surface area contributed by atoms with Gasteiger partial charge in [0.05, 0.1) is 21.8 Å². The van der Waals surface area contributed by atoms with Gasteiger partial charge in [0.25, 0.3) is 0 Å². The van der Waals surface area contributed by atoms with Crippen LogP contribution in [0.1, 0.15) is 0 Å². The SMILES string of the molecule is O=C(CSc1nc(-c2cccs2)nc2ccccc12)Nc1ccc(F)cc1F. The van der Waals surface area contributed by atoms with Gasteiger partial charge in [-0.15, -0.1) is 11.3 Å². The molecular weight excluding hydrogens is 400 g/mol. The van der Waals surface area contributed by atoms with E-state index in [-0.39, 0.29) is 11.4 Å². The van der Waals surface area contributed by atoms with Crippen molar-refractivity contribution in [3.8, 4) is 10.7 Å². The monoisotopic (exact) mass is 413 g/mol. The number of aromatic nitrogens is 2. The van der Waals surface area contributed by atoms with E-state index in [1.807, 2.05) is 41.8 Å². The summed E-state index contributed by atoms with van der Waals surface area (Å²) in [6, 6.07) is 14.5. The maximum Gasteiger partial charge on any atom is 0.234 e. The zero-order chi connectivity index (χ0) is 19.5. The van der Waals surface area contributed by atoms with Crippen LogP contribution in [0.4, 0.5) is 14.5 Å². The smallest absolute Gasteiger partial charge is 0.234 e. The van der Waals surface area contributed by atoms with Crippen LogP contribution in [0, 0.1) is 11.6 Å². The quantitative estimate of drug-likeness (QED) is 0.353. The largest absolute Gasteiger partial charge is 0.323 e. The molecule has 4 aromatic rings. The molecule has 2 aromatic carbocycles. The lowest BCUT2D eigenvalue weighted by Crippen LogP contribution is -2.15. The van der Waals surface area contributed by atoms with Crippen molar-refractivity contribution < 1.29 is 13.6 Å². The molecule has 0 aliphatic carbocycles. The number of halogens is 2. The third kappa shape index (κ3) is 4.02. The number of thioether (sulfide) groups is 1. The van der Waals surface area contributed by atoms with Gasteiger partial charge in [-0.3, -0.25) is 4.79 Å². The van der Waals surface area contributed by atoms with Gasteiger partial charge in [-0.25, -0.2) is 18.7 Å². The van der Waals surface area contributed by atoms with E-state index in [0.717, 1.165) is 27.9 Å². The molecule has 28 heavy (non-hydrogen) atoms. The minimum atomic E-state index is -0.814. The molecule has 0 unspecified atom stereocenters. The summed E-state index contributed by atoms with van der Waals surface area (Å²) in [6.07, 6.45) is 0. The topological polar surface area (TPSA) is 54.9 Å². The first kappa shape index (κ1) is 18.5. The molecule has 0 aliphatic rings. The average molecular weight is 413 g/mol. The van der Waals surface area contributed by atoms with Gasteiger partial charge in [-0.1, -0.05) is 36.0 Å². The second-order valence-corrected chi connectivity index (χ2v) is 7.72. The van der Waals surface area contributed by atoms with E-state index in [9.17, 15) is 13.6 Å². The number of carbonyl (C=O) groups excluding carboxylic acids is 1. The number of benzene rings is 2. The Balaban J connectivity index is 1.56. The van der Waals surface area contributed by atoms with Crippen molar-refractivity contribution >= 4 is 45.6 Å². The van der Waals surface area contributed by atoms with Gasteiger partial charge < -0.3 is 5.32 Å². The van der Waals surface area contributed by atoms with E-state index >= 15 is 0 Å². The molecule has 0 saturated carbocycles. The first-order valence-corrected chi connectivity index (χ1v) is 10.1. The van der Waals surface area contributed by atoms with Crippen molar-refractivity contribution in [3.63, 3.8) is 0 Å². The molecule has 1 N–H and O–H groups in total. The second kappa shape index (κ2) is 8.04. The molecule has 8 heteroatoms. The van der Waals surface area contributed by atoms with Gasteiger partial charge in [-0.2, -0.15) is 0 Å². The zero-order valence-corrected chi connectivity index (χ0v) is 16.0. The maximum atomic E-state index is 13.7. The lowest BCUT2D eigenvalue weighted by molar-refractivity contribution is -0.113. The summed E-state index contributed by atoms with van der Waals surface area (Å²) in [5, 5.41) is 5.92. The predicted molar refractivity (Wildman–Crippen MR) is 109 cm³/mol. The van der Waals surface area contributed by atoms with Gasteiger partial charge in [-0.05, 0) is 29.6 Å². The number of para-hydroxylation sites is 1. The molecule has 0 radical (unpaired) electrons. The third-order valence-corrected chi connectivity index (χ3v) is 5.71. The van der Waals surface area contributed by atoms with Gasteiger partial charge in [0.2, 0.25) is 5.91 Å². The van der Waals surface area contributed by atoms with Crippen molar-refractivity contribution in [2.45, 2.75) is 5.03 Å². The minimum absolute atomic E-state index is 0.0295. The summed E-state index contributed by atoms with van der Waals surface area (Å²) >= 11 is 2.78. The number of thiophene rings is 1. The van der Waals surface area contributed by atoms with Crippen molar-refractivity contribution in [1.29, 1.82) is 0 Å². The van der Waals surface area contributed by atoms with Crippen molar-refractivity contribution in [2.75, 3.05) is 11.1 Å². The van der Waals surface area contributed by atoms with Gasteiger partial charge >= 0.3 is 0 Å². The van der Waals surface area contributed by atoms with Crippen LogP contribution in [0.3, 0.4) is 0 Å². The summed E-state index contributed by atoms with van der Waals surface area (Å²) in [5.74, 6) is -1.29. The number of fused-ring (bicyclic) bond motifs is 1. The Kier molecular flexibility index (Phi) is 5.31. The van der Waals surface area contributed by atoms with Gasteiger partial charge in [0.15, 0.2) is 5.82 Å². The van der Waals surface area contributed by atoms with Crippen molar-refractivity contribution in [1.82, 2.24) is 9.97 Å². The molecule has 2 heterocycles. The molecule has 140 valence electrons.